The maximum atomic E-state index is 5.74. The lowest BCUT2D eigenvalue weighted by Gasteiger charge is -2.05. The summed E-state index contributed by atoms with van der Waals surface area (Å²) in [4.78, 5) is 0. The van der Waals surface area contributed by atoms with E-state index < -0.39 is 0 Å². The third kappa shape index (κ3) is 2.18. The van der Waals surface area contributed by atoms with Crippen molar-refractivity contribution in [1.29, 1.82) is 0 Å². The highest BCUT2D eigenvalue weighted by atomic mass is 32.2. The predicted octanol–water partition coefficient (Wildman–Crippen LogP) is 1.62. The first-order chi connectivity index (χ1) is 4.33. The molecule has 0 aliphatic heterocycles. The zero-order valence-electron chi connectivity index (χ0n) is 5.97. The van der Waals surface area contributed by atoms with Gasteiger partial charge in [-0.25, -0.2) is 0 Å². The molecule has 0 aromatic heterocycles. The second-order valence-corrected chi connectivity index (χ2v) is 4.23. The topological polar surface area (TPSA) is 26.0 Å². The van der Waals surface area contributed by atoms with Crippen molar-refractivity contribution >= 4 is 11.8 Å². The summed E-state index contributed by atoms with van der Waals surface area (Å²) in [5.41, 5.74) is 5.74. The highest BCUT2D eigenvalue weighted by molar-refractivity contribution is 7.99. The second-order valence-electron chi connectivity index (χ2n) is 2.65. The lowest BCUT2D eigenvalue weighted by atomic mass is 10.3. The fourth-order valence-electron chi connectivity index (χ4n) is 1.36. The molecule has 1 aliphatic rings. The Morgan fingerprint density at radius 3 is 2.78 bits per heavy atom. The monoisotopic (exact) mass is 145 g/mol. The van der Waals surface area contributed by atoms with Crippen molar-refractivity contribution in [3.8, 4) is 0 Å². The first-order valence-corrected chi connectivity index (χ1v) is 4.75. The minimum Gasteiger partial charge on any atom is -0.328 e. The third-order valence-electron chi connectivity index (χ3n) is 1.83. The van der Waals surface area contributed by atoms with Crippen LogP contribution in [0.1, 0.15) is 26.2 Å². The molecule has 1 nitrogen and oxygen atoms in total. The molecule has 0 heterocycles. The SMILES string of the molecule is CCS[C@@H]1CC[C@@H](N)C1. The van der Waals surface area contributed by atoms with Crippen LogP contribution in [0.5, 0.6) is 0 Å². The molecule has 9 heavy (non-hydrogen) atoms. The zero-order chi connectivity index (χ0) is 6.69. The van der Waals surface area contributed by atoms with E-state index in [1.807, 2.05) is 0 Å². The van der Waals surface area contributed by atoms with Gasteiger partial charge in [-0.1, -0.05) is 6.92 Å². The third-order valence-corrected chi connectivity index (χ3v) is 3.06. The van der Waals surface area contributed by atoms with Gasteiger partial charge in [-0.2, -0.15) is 11.8 Å². The van der Waals surface area contributed by atoms with Crippen molar-refractivity contribution in [3.05, 3.63) is 0 Å². The van der Waals surface area contributed by atoms with Gasteiger partial charge >= 0.3 is 0 Å². The van der Waals surface area contributed by atoms with E-state index in [0.717, 1.165) is 5.25 Å². The van der Waals surface area contributed by atoms with Gasteiger partial charge in [0.25, 0.3) is 0 Å². The van der Waals surface area contributed by atoms with Gasteiger partial charge in [0.05, 0.1) is 0 Å². The van der Waals surface area contributed by atoms with Crippen molar-refractivity contribution in [2.45, 2.75) is 37.5 Å². The Kier molecular flexibility index (Phi) is 2.86. The van der Waals surface area contributed by atoms with Crippen molar-refractivity contribution in [2.75, 3.05) is 5.75 Å². The van der Waals surface area contributed by atoms with Crippen LogP contribution in [0, 0.1) is 0 Å². The van der Waals surface area contributed by atoms with E-state index in [-0.39, 0.29) is 0 Å². The van der Waals surface area contributed by atoms with Gasteiger partial charge in [-0.3, -0.25) is 0 Å². The lowest BCUT2D eigenvalue weighted by Crippen LogP contribution is -2.15. The van der Waals surface area contributed by atoms with Crippen molar-refractivity contribution in [2.24, 2.45) is 5.73 Å². The van der Waals surface area contributed by atoms with Crippen molar-refractivity contribution in [1.82, 2.24) is 0 Å². The standard InChI is InChI=1S/C7H15NS/c1-2-9-7-4-3-6(8)5-7/h6-7H,2-5,8H2,1H3/t6-,7-/m1/s1. The molecule has 2 heteroatoms. The van der Waals surface area contributed by atoms with E-state index in [0.29, 0.717) is 6.04 Å². The summed E-state index contributed by atoms with van der Waals surface area (Å²) in [6, 6.07) is 0.508. The number of thioether (sulfide) groups is 1. The first-order valence-electron chi connectivity index (χ1n) is 3.70. The summed E-state index contributed by atoms with van der Waals surface area (Å²) in [5.74, 6) is 1.25. The molecule has 0 radical (unpaired) electrons. The van der Waals surface area contributed by atoms with Gasteiger partial charge < -0.3 is 5.73 Å². The van der Waals surface area contributed by atoms with Crippen molar-refractivity contribution < 1.29 is 0 Å². The van der Waals surface area contributed by atoms with E-state index in [2.05, 4.69) is 18.7 Å². The van der Waals surface area contributed by atoms with Crippen LogP contribution in [0.3, 0.4) is 0 Å². The average Bonchev–Trinajstić information content (AvgIpc) is 2.17. The molecule has 1 aliphatic carbocycles. The van der Waals surface area contributed by atoms with E-state index >= 15 is 0 Å². The highest BCUT2D eigenvalue weighted by Crippen LogP contribution is 2.28. The van der Waals surface area contributed by atoms with Gasteiger partial charge in [0.1, 0.15) is 0 Å². The lowest BCUT2D eigenvalue weighted by molar-refractivity contribution is 0.706. The van der Waals surface area contributed by atoms with Gasteiger partial charge in [0, 0.05) is 11.3 Å². The Morgan fingerprint density at radius 2 is 2.33 bits per heavy atom. The molecule has 1 rings (SSSR count). The molecule has 1 saturated carbocycles. The van der Waals surface area contributed by atoms with Gasteiger partial charge in [0.15, 0.2) is 0 Å². The minimum atomic E-state index is 0.508. The quantitative estimate of drug-likeness (QED) is 0.639. The Hall–Kier alpha value is 0.310. The van der Waals surface area contributed by atoms with Crippen molar-refractivity contribution in [3.63, 3.8) is 0 Å². The Morgan fingerprint density at radius 1 is 1.56 bits per heavy atom. The summed E-state index contributed by atoms with van der Waals surface area (Å²) in [6.45, 7) is 2.22. The molecular weight excluding hydrogens is 130 g/mol. The molecule has 0 amide bonds. The molecule has 54 valence electrons. The van der Waals surface area contributed by atoms with Crippen LogP contribution in [-0.4, -0.2) is 17.0 Å². The largest absolute Gasteiger partial charge is 0.328 e. The summed E-state index contributed by atoms with van der Waals surface area (Å²) in [6.07, 6.45) is 3.84. The Labute approximate surface area is 61.4 Å². The maximum absolute atomic E-state index is 5.74. The minimum absolute atomic E-state index is 0.508. The van der Waals surface area contributed by atoms with Crippen LogP contribution in [0.25, 0.3) is 0 Å². The second kappa shape index (κ2) is 3.47. The normalized spacial score (nSPS) is 35.3. The molecule has 0 aromatic rings. The molecular formula is C7H15NS. The highest BCUT2D eigenvalue weighted by Gasteiger charge is 2.20. The fourth-order valence-corrected chi connectivity index (χ4v) is 2.52. The zero-order valence-corrected chi connectivity index (χ0v) is 6.79. The Balaban J connectivity index is 2.14. The molecule has 0 aromatic carbocycles. The number of hydrogen-bond acceptors (Lipinski definition) is 2. The molecule has 2 atom stereocenters. The maximum Gasteiger partial charge on any atom is 0.00622 e. The number of hydrogen-bond donors (Lipinski definition) is 1. The fraction of sp³-hybridized carbons (Fsp3) is 1.00. The molecule has 0 spiro atoms. The van der Waals surface area contributed by atoms with Crippen LogP contribution >= 0.6 is 11.8 Å². The summed E-state index contributed by atoms with van der Waals surface area (Å²) < 4.78 is 0. The summed E-state index contributed by atoms with van der Waals surface area (Å²) in [5, 5.41) is 0.880. The van der Waals surface area contributed by atoms with E-state index in [1.165, 1.54) is 25.0 Å². The van der Waals surface area contributed by atoms with E-state index in [1.54, 1.807) is 0 Å². The number of rotatable bonds is 2. The summed E-state index contributed by atoms with van der Waals surface area (Å²) >= 11 is 2.06. The van der Waals surface area contributed by atoms with E-state index in [9.17, 15) is 0 Å². The number of nitrogens with two attached hydrogens (primary N) is 1. The van der Waals surface area contributed by atoms with E-state index in [4.69, 9.17) is 5.73 Å². The van der Waals surface area contributed by atoms with Gasteiger partial charge in [0.2, 0.25) is 0 Å². The van der Waals surface area contributed by atoms with Crippen LogP contribution in [-0.2, 0) is 0 Å². The molecule has 0 saturated heterocycles. The molecule has 0 unspecified atom stereocenters. The summed E-state index contributed by atoms with van der Waals surface area (Å²) in [7, 11) is 0. The van der Waals surface area contributed by atoms with Crippen LogP contribution in [0.15, 0.2) is 0 Å². The van der Waals surface area contributed by atoms with Crippen LogP contribution < -0.4 is 5.73 Å². The average molecular weight is 145 g/mol. The molecule has 0 bridgehead atoms. The molecule has 1 fully saturated rings. The van der Waals surface area contributed by atoms with Gasteiger partial charge in [-0.15, -0.1) is 0 Å². The van der Waals surface area contributed by atoms with Crippen LogP contribution in [0.4, 0.5) is 0 Å². The molecule has 2 N–H and O–H groups in total. The Bertz CT molecular complexity index is 83.0. The van der Waals surface area contributed by atoms with Crippen LogP contribution in [0.2, 0.25) is 0 Å². The predicted molar refractivity (Wildman–Crippen MR) is 43.7 cm³/mol. The smallest absolute Gasteiger partial charge is 0.00622 e. The van der Waals surface area contributed by atoms with Gasteiger partial charge in [-0.05, 0) is 25.0 Å². The first kappa shape index (κ1) is 7.42.